The number of aromatic nitrogens is 15. The number of pyridine rings is 2. The zero-order valence-electron chi connectivity index (χ0n) is 28.2. The summed E-state index contributed by atoms with van der Waals surface area (Å²) in [5, 5.41) is 7.28. The van der Waals surface area contributed by atoms with Crippen LogP contribution in [0.2, 0.25) is 0 Å². The molecule has 0 aliphatic heterocycles. The van der Waals surface area contributed by atoms with Crippen LogP contribution in [0.15, 0.2) is 178 Å². The van der Waals surface area contributed by atoms with Gasteiger partial charge in [-0.2, -0.15) is 10.1 Å². The number of rotatable bonds is 0. The number of fused-ring (bicyclic) bond motifs is 5. The van der Waals surface area contributed by atoms with Gasteiger partial charge in [-0.3, -0.25) is 46.2 Å². The lowest BCUT2D eigenvalue weighted by Crippen LogP contribution is -2.16. The van der Waals surface area contributed by atoms with Gasteiger partial charge in [0.25, 0.3) is 22.2 Å². The van der Waals surface area contributed by atoms with E-state index in [1.165, 1.54) is 77.6 Å². The molecule has 20 nitrogen and oxygen atoms in total. The van der Waals surface area contributed by atoms with Crippen LogP contribution in [-0.4, -0.2) is 72.1 Å². The lowest BCUT2D eigenvalue weighted by molar-refractivity contribution is 0.934. The van der Waals surface area contributed by atoms with E-state index in [4.69, 9.17) is 0 Å². The fraction of sp³-hybridized carbons (Fsp3) is 0. The van der Waals surface area contributed by atoms with Gasteiger partial charge in [0.15, 0.2) is 11.3 Å². The first kappa shape index (κ1) is 36.2. The maximum absolute atomic E-state index is 11.1. The molecule has 0 saturated heterocycles. The normalized spacial score (nSPS) is 10.2. The van der Waals surface area contributed by atoms with E-state index in [0.29, 0.717) is 28.4 Å². The summed E-state index contributed by atoms with van der Waals surface area (Å²) in [6, 6.07) is 18.2. The molecular formula is C35H25N15O5. The Morgan fingerprint density at radius 1 is 0.400 bits per heavy atom. The summed E-state index contributed by atoms with van der Waals surface area (Å²) in [4.78, 5) is 85.9. The molecular weight excluding hydrogens is 710 g/mol. The SMILES string of the molecule is O=c1ccnc2ccncn12.O=c1ccnc2cnccn12.O=c1ccnc2ncccn12.O=c1cnnc2ccccn12.O=c1ncnc2ccccn12. The Morgan fingerprint density at radius 3 is 1.76 bits per heavy atom. The van der Waals surface area contributed by atoms with E-state index in [2.05, 4.69) is 50.1 Å². The van der Waals surface area contributed by atoms with Crippen LogP contribution in [0.4, 0.5) is 0 Å². The summed E-state index contributed by atoms with van der Waals surface area (Å²) in [7, 11) is 0. The van der Waals surface area contributed by atoms with E-state index in [0.717, 1.165) is 0 Å². The van der Waals surface area contributed by atoms with E-state index < -0.39 is 0 Å². The van der Waals surface area contributed by atoms with Crippen LogP contribution in [0, 0.1) is 0 Å². The third-order valence-corrected chi connectivity index (χ3v) is 6.98. The summed E-state index contributed by atoms with van der Waals surface area (Å²) >= 11 is 0. The summed E-state index contributed by atoms with van der Waals surface area (Å²) in [5.41, 5.74) is 1.62. The highest BCUT2D eigenvalue weighted by atomic mass is 16.1. The molecule has 10 heterocycles. The standard InChI is InChI=1S/5C7H5N3O/c11-7-2-4-9-6-1-3-8-5-10(6)7;11-6-2-4-9-7-8-3-1-5-10(6)7;11-7-1-2-9-6-5-8-3-4-10(6)7;11-7-9-5-8-6-3-1-2-4-10(6)7;11-7-5-8-9-6-3-1-2-4-10(6)7/h5*1-5H. The van der Waals surface area contributed by atoms with Gasteiger partial charge in [-0.25, -0.2) is 34.7 Å². The van der Waals surface area contributed by atoms with Crippen molar-refractivity contribution in [2.24, 2.45) is 0 Å². The quantitative estimate of drug-likeness (QED) is 0.206. The van der Waals surface area contributed by atoms with Gasteiger partial charge in [0.05, 0.1) is 6.20 Å². The van der Waals surface area contributed by atoms with Gasteiger partial charge < -0.3 is 0 Å². The molecule has 0 N–H and O–H groups in total. The Balaban J connectivity index is 0.000000117. The summed E-state index contributed by atoms with van der Waals surface area (Å²) in [6.07, 6.45) is 21.1. The first-order chi connectivity index (χ1) is 26.9. The van der Waals surface area contributed by atoms with E-state index in [1.807, 2.05) is 12.1 Å². The lowest BCUT2D eigenvalue weighted by Gasteiger charge is -1.94. The van der Waals surface area contributed by atoms with Gasteiger partial charge >= 0.3 is 5.69 Å². The molecule has 0 aromatic carbocycles. The van der Waals surface area contributed by atoms with E-state index in [1.54, 1.807) is 86.0 Å². The highest BCUT2D eigenvalue weighted by Crippen LogP contribution is 1.93. The molecule has 10 aromatic heterocycles. The molecule has 0 fully saturated rings. The third kappa shape index (κ3) is 9.22. The van der Waals surface area contributed by atoms with Crippen LogP contribution in [0.5, 0.6) is 0 Å². The van der Waals surface area contributed by atoms with Gasteiger partial charge in [0, 0.05) is 80.2 Å². The molecule has 270 valence electrons. The van der Waals surface area contributed by atoms with Crippen molar-refractivity contribution in [3.8, 4) is 0 Å². The molecule has 55 heavy (non-hydrogen) atoms. The average molecular weight is 736 g/mol. The minimum atomic E-state index is -0.296. The number of hydrogen-bond donors (Lipinski definition) is 0. The number of nitrogens with zero attached hydrogens (tertiary/aromatic N) is 15. The van der Waals surface area contributed by atoms with E-state index >= 15 is 0 Å². The van der Waals surface area contributed by atoms with Crippen molar-refractivity contribution in [2.75, 3.05) is 0 Å². The second-order valence-corrected chi connectivity index (χ2v) is 10.4. The van der Waals surface area contributed by atoms with E-state index in [-0.39, 0.29) is 27.9 Å². The molecule has 20 heteroatoms. The monoisotopic (exact) mass is 735 g/mol. The Hall–Kier alpha value is -8.55. The highest BCUT2D eigenvalue weighted by molar-refractivity contribution is 5.36. The predicted octanol–water partition coefficient (Wildman–Crippen LogP) is 0.448. The minimum Gasteiger partial charge on any atom is -0.269 e. The maximum Gasteiger partial charge on any atom is 0.354 e. The molecule has 0 spiro atoms. The van der Waals surface area contributed by atoms with Crippen LogP contribution < -0.4 is 27.9 Å². The van der Waals surface area contributed by atoms with Crippen LogP contribution >= 0.6 is 0 Å². The Morgan fingerprint density at radius 2 is 1.04 bits per heavy atom. The van der Waals surface area contributed by atoms with Gasteiger partial charge in [-0.1, -0.05) is 12.1 Å². The van der Waals surface area contributed by atoms with Crippen LogP contribution in [0.1, 0.15) is 0 Å². The Bertz CT molecular complexity index is 2640. The van der Waals surface area contributed by atoms with Crippen LogP contribution in [-0.2, 0) is 0 Å². The van der Waals surface area contributed by atoms with Crippen molar-refractivity contribution in [2.45, 2.75) is 0 Å². The second-order valence-electron chi connectivity index (χ2n) is 10.4. The van der Waals surface area contributed by atoms with Crippen molar-refractivity contribution >= 4 is 28.4 Å². The molecule has 0 saturated carbocycles. The highest BCUT2D eigenvalue weighted by Gasteiger charge is 1.95. The molecule has 0 bridgehead atoms. The van der Waals surface area contributed by atoms with Crippen molar-refractivity contribution < 1.29 is 0 Å². The summed E-state index contributed by atoms with van der Waals surface area (Å²) in [6.45, 7) is 0. The molecule has 10 rings (SSSR count). The minimum absolute atomic E-state index is 0.0857. The molecule has 0 aliphatic carbocycles. The zero-order chi connectivity index (χ0) is 38.4. The van der Waals surface area contributed by atoms with Crippen LogP contribution in [0.25, 0.3) is 28.4 Å². The van der Waals surface area contributed by atoms with Crippen molar-refractivity contribution in [3.05, 3.63) is 206 Å². The molecule has 10 aromatic rings. The van der Waals surface area contributed by atoms with Crippen LogP contribution in [0.3, 0.4) is 0 Å². The fourth-order valence-electron chi connectivity index (χ4n) is 4.46. The Kier molecular flexibility index (Phi) is 11.6. The smallest absolute Gasteiger partial charge is 0.269 e. The third-order valence-electron chi connectivity index (χ3n) is 6.98. The zero-order valence-corrected chi connectivity index (χ0v) is 28.2. The first-order valence-corrected chi connectivity index (χ1v) is 15.8. The summed E-state index contributed by atoms with van der Waals surface area (Å²) in [5.74, 6) is 0.431. The molecule has 0 unspecified atom stereocenters. The topological polar surface area (TPSA) is 236 Å². The van der Waals surface area contributed by atoms with Gasteiger partial charge in [-0.05, 0) is 36.4 Å². The largest absolute Gasteiger partial charge is 0.354 e. The van der Waals surface area contributed by atoms with E-state index in [9.17, 15) is 24.0 Å². The molecule has 0 amide bonds. The second kappa shape index (κ2) is 17.6. The maximum atomic E-state index is 11.1. The lowest BCUT2D eigenvalue weighted by atomic mass is 10.5. The first-order valence-electron chi connectivity index (χ1n) is 15.8. The fourth-order valence-corrected chi connectivity index (χ4v) is 4.46. The molecule has 0 radical (unpaired) electrons. The van der Waals surface area contributed by atoms with Crippen molar-refractivity contribution in [1.82, 2.24) is 72.1 Å². The molecule has 0 aliphatic rings. The van der Waals surface area contributed by atoms with Gasteiger partial charge in [-0.15, -0.1) is 5.10 Å². The van der Waals surface area contributed by atoms with Gasteiger partial charge in [0.2, 0.25) is 5.78 Å². The molecule has 0 atom stereocenters. The summed E-state index contributed by atoms with van der Waals surface area (Å²) < 4.78 is 7.04. The Labute approximate surface area is 305 Å². The number of hydrogen-bond acceptors (Lipinski definition) is 15. The van der Waals surface area contributed by atoms with Crippen molar-refractivity contribution in [3.63, 3.8) is 0 Å². The predicted molar refractivity (Wildman–Crippen MR) is 196 cm³/mol. The average Bonchev–Trinajstić information content (AvgIpc) is 3.23. The van der Waals surface area contributed by atoms with Crippen molar-refractivity contribution in [1.29, 1.82) is 0 Å². The van der Waals surface area contributed by atoms with Gasteiger partial charge in [0.1, 0.15) is 30.1 Å².